The number of fused-ring (bicyclic) bond motifs is 3. The molecule has 2 aliphatic rings. The molecule has 0 aromatic heterocycles. The van der Waals surface area contributed by atoms with Crippen molar-refractivity contribution in [2.75, 3.05) is 27.9 Å². The molecule has 9 heteroatoms. The molecule has 0 aliphatic carbocycles. The minimum atomic E-state index is -0.539. The first-order chi connectivity index (χ1) is 18.4. The van der Waals surface area contributed by atoms with Crippen LogP contribution < -0.4 is 23.7 Å². The zero-order chi connectivity index (χ0) is 26.8. The molecule has 0 saturated heterocycles. The molecule has 2 heterocycles. The SMILES string of the molecule is COC(=O)COc1ccccc1[C@H]1CC(=O)Oc2ccc3c(c21)O/C(=C\c1ccc(OC)c(OC)c1)C3=O. The number of rotatable bonds is 7. The van der Waals surface area contributed by atoms with Crippen molar-refractivity contribution in [3.8, 4) is 28.7 Å². The van der Waals surface area contributed by atoms with Crippen molar-refractivity contribution in [2.24, 2.45) is 0 Å². The lowest BCUT2D eigenvalue weighted by Gasteiger charge is -2.27. The summed E-state index contributed by atoms with van der Waals surface area (Å²) >= 11 is 0. The molecule has 0 N–H and O–H groups in total. The number of benzene rings is 3. The van der Waals surface area contributed by atoms with Crippen LogP contribution in [0.2, 0.25) is 0 Å². The van der Waals surface area contributed by atoms with Gasteiger partial charge in [-0.25, -0.2) is 4.79 Å². The number of ketones is 1. The Hall–Kier alpha value is -4.79. The largest absolute Gasteiger partial charge is 0.493 e. The highest BCUT2D eigenvalue weighted by molar-refractivity contribution is 6.15. The molecule has 194 valence electrons. The number of hydrogen-bond acceptors (Lipinski definition) is 9. The molecule has 0 spiro atoms. The predicted octanol–water partition coefficient (Wildman–Crippen LogP) is 4.31. The molecular weight excluding hydrogens is 492 g/mol. The van der Waals surface area contributed by atoms with Crippen molar-refractivity contribution < 1.29 is 42.8 Å². The van der Waals surface area contributed by atoms with E-state index in [-0.39, 0.29) is 24.6 Å². The van der Waals surface area contributed by atoms with E-state index in [4.69, 9.17) is 23.7 Å². The van der Waals surface area contributed by atoms with Gasteiger partial charge in [0.2, 0.25) is 5.78 Å². The molecule has 0 unspecified atom stereocenters. The van der Waals surface area contributed by atoms with E-state index in [0.717, 1.165) is 0 Å². The summed E-state index contributed by atoms with van der Waals surface area (Å²) in [6, 6.07) is 15.5. The molecule has 3 aromatic rings. The van der Waals surface area contributed by atoms with Crippen molar-refractivity contribution in [1.82, 2.24) is 0 Å². The lowest BCUT2D eigenvalue weighted by atomic mass is 9.84. The maximum absolute atomic E-state index is 13.3. The van der Waals surface area contributed by atoms with E-state index in [1.807, 2.05) is 0 Å². The van der Waals surface area contributed by atoms with Gasteiger partial charge in [-0.3, -0.25) is 9.59 Å². The third kappa shape index (κ3) is 4.54. The maximum atomic E-state index is 13.3. The van der Waals surface area contributed by atoms with Crippen LogP contribution in [0.25, 0.3) is 6.08 Å². The minimum Gasteiger partial charge on any atom is -0.493 e. The minimum absolute atomic E-state index is 0.00563. The third-order valence-corrected chi connectivity index (χ3v) is 6.35. The van der Waals surface area contributed by atoms with Crippen LogP contribution in [-0.4, -0.2) is 45.7 Å². The first kappa shape index (κ1) is 24.9. The second-order valence-corrected chi connectivity index (χ2v) is 8.54. The second kappa shape index (κ2) is 10.3. The summed E-state index contributed by atoms with van der Waals surface area (Å²) in [5, 5.41) is 0. The van der Waals surface area contributed by atoms with Crippen LogP contribution in [0.1, 0.15) is 39.4 Å². The fourth-order valence-corrected chi connectivity index (χ4v) is 4.56. The number of carbonyl (C=O) groups is 3. The summed E-state index contributed by atoms with van der Waals surface area (Å²) < 4.78 is 32.7. The summed E-state index contributed by atoms with van der Waals surface area (Å²) in [7, 11) is 4.35. The highest BCUT2D eigenvalue weighted by Gasteiger charge is 2.39. The lowest BCUT2D eigenvalue weighted by Crippen LogP contribution is -2.22. The summed E-state index contributed by atoms with van der Waals surface area (Å²) in [5.74, 6) is 0.400. The van der Waals surface area contributed by atoms with Crippen molar-refractivity contribution in [3.63, 3.8) is 0 Å². The van der Waals surface area contributed by atoms with E-state index in [9.17, 15) is 14.4 Å². The Labute approximate surface area is 218 Å². The Morgan fingerprint density at radius 2 is 1.74 bits per heavy atom. The highest BCUT2D eigenvalue weighted by atomic mass is 16.6. The number of allylic oxidation sites excluding steroid dienone is 1. The standard InChI is InChI=1S/C29H24O9/c1-33-21-10-8-16(12-23(21)34-2)13-24-28(32)18-9-11-22-27(29(18)38-24)19(14-25(30)37-22)17-6-4-5-7-20(17)36-15-26(31)35-3/h4-13,19H,14-15H2,1-3H3/b24-13-/t19-/m1/s1. The number of ether oxygens (including phenoxy) is 6. The maximum Gasteiger partial charge on any atom is 0.343 e. The van der Waals surface area contributed by atoms with Gasteiger partial charge in [0.1, 0.15) is 17.2 Å². The van der Waals surface area contributed by atoms with Gasteiger partial charge in [-0.05, 0) is 42.0 Å². The number of Topliss-reactive ketones (excluding diaryl/α,β-unsaturated/α-hetero) is 1. The molecule has 0 saturated carbocycles. The van der Waals surface area contributed by atoms with Crippen LogP contribution in [0, 0.1) is 0 Å². The summed E-state index contributed by atoms with van der Waals surface area (Å²) in [5.41, 5.74) is 2.24. The summed E-state index contributed by atoms with van der Waals surface area (Å²) in [6.45, 7) is -0.294. The monoisotopic (exact) mass is 516 g/mol. The molecule has 1 atom stereocenters. The molecule has 3 aromatic carbocycles. The average molecular weight is 517 g/mol. The van der Waals surface area contributed by atoms with Crippen LogP contribution in [0.5, 0.6) is 28.7 Å². The van der Waals surface area contributed by atoms with Gasteiger partial charge in [-0.1, -0.05) is 24.3 Å². The van der Waals surface area contributed by atoms with Gasteiger partial charge < -0.3 is 28.4 Å². The number of carbonyl (C=O) groups excluding carboxylic acids is 3. The summed E-state index contributed by atoms with van der Waals surface area (Å²) in [4.78, 5) is 37.5. The van der Waals surface area contributed by atoms with Gasteiger partial charge in [-0.15, -0.1) is 0 Å². The number of methoxy groups -OCH3 is 3. The smallest absolute Gasteiger partial charge is 0.343 e. The van der Waals surface area contributed by atoms with E-state index in [1.165, 1.54) is 14.2 Å². The van der Waals surface area contributed by atoms with Crippen LogP contribution in [0.4, 0.5) is 0 Å². The Morgan fingerprint density at radius 3 is 2.50 bits per heavy atom. The molecule has 0 fully saturated rings. The van der Waals surface area contributed by atoms with Crippen LogP contribution >= 0.6 is 0 Å². The van der Waals surface area contributed by atoms with Crippen molar-refractivity contribution in [1.29, 1.82) is 0 Å². The lowest BCUT2D eigenvalue weighted by molar-refractivity contribution is -0.143. The van der Waals surface area contributed by atoms with Gasteiger partial charge >= 0.3 is 11.9 Å². The number of esters is 2. The normalized spacial score (nSPS) is 16.7. The third-order valence-electron chi connectivity index (χ3n) is 6.35. The molecule has 2 aliphatic heterocycles. The fourth-order valence-electron chi connectivity index (χ4n) is 4.56. The molecule has 9 nitrogen and oxygen atoms in total. The average Bonchev–Trinajstić information content (AvgIpc) is 3.25. The molecule has 38 heavy (non-hydrogen) atoms. The first-order valence-corrected chi connectivity index (χ1v) is 11.8. The quantitative estimate of drug-likeness (QED) is 0.258. The van der Waals surface area contributed by atoms with Crippen molar-refractivity contribution in [2.45, 2.75) is 12.3 Å². The van der Waals surface area contributed by atoms with Gasteiger partial charge in [0.15, 0.2) is 23.9 Å². The molecule has 5 rings (SSSR count). The van der Waals surface area contributed by atoms with Crippen molar-refractivity contribution >= 4 is 23.8 Å². The molecule has 0 radical (unpaired) electrons. The fraction of sp³-hybridized carbons (Fsp3) is 0.207. The van der Waals surface area contributed by atoms with Gasteiger partial charge in [-0.2, -0.15) is 0 Å². The Kier molecular flexibility index (Phi) is 6.74. The molecule has 0 amide bonds. The molecular formula is C29H24O9. The van der Waals surface area contributed by atoms with E-state index in [1.54, 1.807) is 67.8 Å². The van der Waals surface area contributed by atoms with E-state index < -0.39 is 17.9 Å². The zero-order valence-electron chi connectivity index (χ0n) is 20.9. The zero-order valence-corrected chi connectivity index (χ0v) is 20.9. The van der Waals surface area contributed by atoms with Crippen LogP contribution in [0.15, 0.2) is 60.4 Å². The predicted molar refractivity (Wildman–Crippen MR) is 135 cm³/mol. The Bertz CT molecular complexity index is 1470. The first-order valence-electron chi connectivity index (χ1n) is 11.8. The van der Waals surface area contributed by atoms with E-state index >= 15 is 0 Å². The summed E-state index contributed by atoms with van der Waals surface area (Å²) in [6.07, 6.45) is 1.61. The second-order valence-electron chi connectivity index (χ2n) is 8.54. The van der Waals surface area contributed by atoms with Gasteiger partial charge in [0.05, 0.1) is 33.3 Å². The highest BCUT2D eigenvalue weighted by Crippen LogP contribution is 2.50. The van der Waals surface area contributed by atoms with Crippen LogP contribution in [0.3, 0.4) is 0 Å². The number of para-hydroxylation sites is 1. The topological polar surface area (TPSA) is 107 Å². The Balaban J connectivity index is 1.55. The number of hydrogen-bond donors (Lipinski definition) is 0. The molecule has 0 bridgehead atoms. The van der Waals surface area contributed by atoms with Gasteiger partial charge in [0.25, 0.3) is 0 Å². The van der Waals surface area contributed by atoms with E-state index in [0.29, 0.717) is 51.0 Å². The Morgan fingerprint density at radius 1 is 0.947 bits per heavy atom. The van der Waals surface area contributed by atoms with Crippen LogP contribution in [-0.2, 0) is 14.3 Å². The van der Waals surface area contributed by atoms with Gasteiger partial charge in [0, 0.05) is 17.0 Å². The van der Waals surface area contributed by atoms with Crippen molar-refractivity contribution in [3.05, 3.63) is 82.6 Å². The van der Waals surface area contributed by atoms with E-state index in [2.05, 4.69) is 4.74 Å².